The minimum atomic E-state index is -1.18. The molecule has 4 nitrogen and oxygen atoms in total. The van der Waals surface area contributed by atoms with Crippen molar-refractivity contribution < 1.29 is 39.5 Å². The monoisotopic (exact) mass is 208 g/mol. The van der Waals surface area contributed by atoms with E-state index >= 15 is 0 Å². The van der Waals surface area contributed by atoms with E-state index in [1.807, 2.05) is 0 Å². The van der Waals surface area contributed by atoms with Crippen LogP contribution in [-0.4, -0.2) is 11.0 Å². The van der Waals surface area contributed by atoms with E-state index in [1.54, 1.807) is 13.8 Å². The van der Waals surface area contributed by atoms with Gasteiger partial charge in [0.2, 0.25) is 0 Å². The Bertz CT molecular complexity index is 311. The number of thiazole rings is 1. The maximum absolute atomic E-state index is 10.5. The molecule has 1 heterocycles. The van der Waals surface area contributed by atoms with Crippen LogP contribution in [0.1, 0.15) is 33.3 Å². The molecule has 0 bridgehead atoms. The molecule has 0 amide bonds. The number of carboxylic acid groups (broad SMARTS) is 1. The number of carbonyl (C=O) groups excluding carboxylic acids is 1. The second-order valence-electron chi connectivity index (χ2n) is 2.54. The molecule has 0 spiro atoms. The average molecular weight is 208 g/mol. The van der Waals surface area contributed by atoms with Crippen molar-refractivity contribution in [2.45, 2.75) is 19.9 Å². The van der Waals surface area contributed by atoms with E-state index in [0.717, 1.165) is 11.3 Å². The molecule has 1 atom stereocenters. The fourth-order valence-electron chi connectivity index (χ4n) is 0.801. The Morgan fingerprint density at radius 3 is 2.46 bits per heavy atom. The SMILES string of the molecule is Cc1nc(C(C)N)sc1C(=O)[O-].[Na+]. The zero-order chi connectivity index (χ0) is 9.30. The van der Waals surface area contributed by atoms with Crippen LogP contribution < -0.4 is 40.4 Å². The zero-order valence-corrected chi connectivity index (χ0v) is 10.6. The number of aromatic nitrogens is 1. The summed E-state index contributed by atoms with van der Waals surface area (Å²) in [5, 5.41) is 11.1. The molecule has 0 aliphatic rings. The van der Waals surface area contributed by atoms with Crippen molar-refractivity contribution in [1.29, 1.82) is 0 Å². The van der Waals surface area contributed by atoms with Gasteiger partial charge in [0.05, 0.1) is 22.6 Å². The fraction of sp³-hybridized carbons (Fsp3) is 0.429. The summed E-state index contributed by atoms with van der Waals surface area (Å²) in [7, 11) is 0. The summed E-state index contributed by atoms with van der Waals surface area (Å²) in [5.74, 6) is -1.18. The van der Waals surface area contributed by atoms with E-state index in [9.17, 15) is 9.90 Å². The fourth-order valence-corrected chi connectivity index (χ4v) is 1.66. The normalized spacial score (nSPS) is 11.9. The summed E-state index contributed by atoms with van der Waals surface area (Å²) in [6.07, 6.45) is 0. The van der Waals surface area contributed by atoms with Crippen LogP contribution in [0.4, 0.5) is 0 Å². The number of nitrogens with two attached hydrogens (primary N) is 1. The van der Waals surface area contributed by atoms with Crippen molar-refractivity contribution >= 4 is 17.3 Å². The Morgan fingerprint density at radius 2 is 2.23 bits per heavy atom. The molecule has 2 N–H and O–H groups in total. The van der Waals surface area contributed by atoms with Crippen molar-refractivity contribution in [3.8, 4) is 0 Å². The second-order valence-corrected chi connectivity index (χ2v) is 3.57. The van der Waals surface area contributed by atoms with Gasteiger partial charge in [-0.05, 0) is 13.8 Å². The second kappa shape index (κ2) is 5.07. The van der Waals surface area contributed by atoms with Gasteiger partial charge in [0.15, 0.2) is 0 Å². The van der Waals surface area contributed by atoms with E-state index < -0.39 is 5.97 Å². The van der Waals surface area contributed by atoms with Crippen LogP contribution in [0.25, 0.3) is 0 Å². The third kappa shape index (κ3) is 3.03. The molecule has 0 saturated carbocycles. The summed E-state index contributed by atoms with van der Waals surface area (Å²) < 4.78 is 0. The van der Waals surface area contributed by atoms with Crippen LogP contribution >= 0.6 is 11.3 Å². The van der Waals surface area contributed by atoms with Gasteiger partial charge in [-0.2, -0.15) is 0 Å². The summed E-state index contributed by atoms with van der Waals surface area (Å²) in [6.45, 7) is 3.39. The summed E-state index contributed by atoms with van der Waals surface area (Å²) in [4.78, 5) is 14.6. The molecule has 66 valence electrons. The van der Waals surface area contributed by atoms with E-state index in [-0.39, 0.29) is 40.5 Å². The number of carbonyl (C=O) groups is 1. The van der Waals surface area contributed by atoms with E-state index in [0.29, 0.717) is 10.7 Å². The average Bonchev–Trinajstić information content (AvgIpc) is 2.30. The van der Waals surface area contributed by atoms with Crippen molar-refractivity contribution in [2.24, 2.45) is 5.73 Å². The van der Waals surface area contributed by atoms with Crippen LogP contribution in [0.5, 0.6) is 0 Å². The number of hydrogen-bond acceptors (Lipinski definition) is 5. The van der Waals surface area contributed by atoms with Crippen LogP contribution in [0, 0.1) is 6.92 Å². The van der Waals surface area contributed by atoms with E-state index in [2.05, 4.69) is 4.98 Å². The topological polar surface area (TPSA) is 79.0 Å². The van der Waals surface area contributed by atoms with E-state index in [4.69, 9.17) is 5.73 Å². The van der Waals surface area contributed by atoms with Gasteiger partial charge in [-0.1, -0.05) is 0 Å². The molecular formula is C7H9N2NaO2S. The molecule has 0 radical (unpaired) electrons. The van der Waals surface area contributed by atoms with Crippen molar-refractivity contribution in [2.75, 3.05) is 0 Å². The standard InChI is InChI=1S/C7H10N2O2S.Na/c1-3(8)6-9-4(2)5(12-6)7(10)11;/h3H,8H2,1-2H3,(H,10,11);/q;+1/p-1. The van der Waals surface area contributed by atoms with E-state index in [1.165, 1.54) is 0 Å². The molecule has 1 rings (SSSR count). The molecule has 1 aromatic rings. The van der Waals surface area contributed by atoms with Crippen LogP contribution in [0.15, 0.2) is 0 Å². The molecule has 13 heavy (non-hydrogen) atoms. The molecule has 0 aliphatic heterocycles. The third-order valence-corrected chi connectivity index (χ3v) is 2.73. The van der Waals surface area contributed by atoms with Gasteiger partial charge in [-0.15, -0.1) is 11.3 Å². The van der Waals surface area contributed by atoms with Crippen molar-refractivity contribution in [3.05, 3.63) is 15.6 Å². The Hall–Kier alpha value is 0.0600. The van der Waals surface area contributed by atoms with Gasteiger partial charge in [-0.3, -0.25) is 0 Å². The van der Waals surface area contributed by atoms with Crippen LogP contribution in [0.3, 0.4) is 0 Å². The Labute approximate surface area is 102 Å². The van der Waals surface area contributed by atoms with Gasteiger partial charge in [0, 0.05) is 0 Å². The molecule has 6 heteroatoms. The first-order valence-corrected chi connectivity index (χ1v) is 4.28. The predicted molar refractivity (Wildman–Crippen MR) is 43.8 cm³/mol. The smallest absolute Gasteiger partial charge is 0.544 e. The Balaban J connectivity index is 0.00000144. The number of aromatic carboxylic acids is 1. The summed E-state index contributed by atoms with van der Waals surface area (Å²) >= 11 is 1.08. The number of nitrogens with zero attached hydrogens (tertiary/aromatic N) is 1. The van der Waals surface area contributed by atoms with Gasteiger partial charge in [0.25, 0.3) is 0 Å². The quantitative estimate of drug-likeness (QED) is 0.520. The maximum atomic E-state index is 10.5. The first kappa shape index (κ1) is 13.1. The molecule has 0 saturated heterocycles. The Morgan fingerprint density at radius 1 is 1.69 bits per heavy atom. The minimum absolute atomic E-state index is 0. The molecule has 1 aromatic heterocycles. The van der Waals surface area contributed by atoms with Crippen molar-refractivity contribution in [1.82, 2.24) is 4.98 Å². The zero-order valence-electron chi connectivity index (χ0n) is 7.83. The Kier molecular flexibility index (Phi) is 5.09. The summed E-state index contributed by atoms with van der Waals surface area (Å²) in [6, 6.07) is -0.221. The number of carboxylic acids is 1. The first-order chi connectivity index (χ1) is 5.52. The number of aryl methyl sites for hydroxylation is 1. The van der Waals surface area contributed by atoms with Crippen LogP contribution in [-0.2, 0) is 0 Å². The van der Waals surface area contributed by atoms with Crippen LogP contribution in [0.2, 0.25) is 0 Å². The predicted octanol–water partition coefficient (Wildman–Crippen LogP) is -3.16. The van der Waals surface area contributed by atoms with Gasteiger partial charge in [0.1, 0.15) is 5.01 Å². The largest absolute Gasteiger partial charge is 1.00 e. The number of rotatable bonds is 2. The van der Waals surface area contributed by atoms with Gasteiger partial charge >= 0.3 is 29.6 Å². The minimum Gasteiger partial charge on any atom is -0.544 e. The molecule has 1 unspecified atom stereocenters. The van der Waals surface area contributed by atoms with Gasteiger partial charge in [-0.25, -0.2) is 4.98 Å². The van der Waals surface area contributed by atoms with Gasteiger partial charge < -0.3 is 15.6 Å². The molecular weight excluding hydrogens is 199 g/mol. The molecule has 0 aromatic carbocycles. The molecule has 0 fully saturated rings. The third-order valence-electron chi connectivity index (χ3n) is 1.39. The molecule has 0 aliphatic carbocycles. The summed E-state index contributed by atoms with van der Waals surface area (Å²) in [5.41, 5.74) is 6.01. The van der Waals surface area contributed by atoms with Crippen molar-refractivity contribution in [3.63, 3.8) is 0 Å². The number of hydrogen-bond donors (Lipinski definition) is 1. The first-order valence-electron chi connectivity index (χ1n) is 3.46. The maximum Gasteiger partial charge on any atom is 1.00 e.